The number of hydrogen-bond donors (Lipinski definition) is 0. The number of aryl methyl sites for hydroxylation is 10. The number of furan rings is 4. The van der Waals surface area contributed by atoms with Crippen LogP contribution in [0, 0.1) is 79.0 Å². The van der Waals surface area contributed by atoms with Crippen LogP contribution in [0.4, 0.5) is 0 Å². The largest absolute Gasteiger partial charge is 0.437 e. The lowest BCUT2D eigenvalue weighted by Crippen LogP contribution is -2.33. The molecule has 2 aliphatic rings. The van der Waals surface area contributed by atoms with E-state index in [4.69, 9.17) is 36.9 Å². The van der Waals surface area contributed by atoms with Crippen molar-refractivity contribution in [2.75, 3.05) is 0 Å². The second kappa shape index (κ2) is 27.5. The van der Waals surface area contributed by atoms with E-state index in [9.17, 15) is 0 Å². The van der Waals surface area contributed by atoms with E-state index < -0.39 is 44.6 Å². The summed E-state index contributed by atoms with van der Waals surface area (Å²) in [5, 5.41) is 8.07. The molecule has 12 aromatic heterocycles. The molecule has 0 bridgehead atoms. The Morgan fingerprint density at radius 1 is 0.394 bits per heavy atom. The molecule has 0 radical (unpaired) electrons. The first-order chi connectivity index (χ1) is 55.3. The average molecular weight is 1390 g/mol. The van der Waals surface area contributed by atoms with Crippen LogP contribution in [0.1, 0.15) is 153 Å². The lowest BCUT2D eigenvalue weighted by molar-refractivity contribution is -0.672. The molecule has 0 saturated carbocycles. The molecular formula is C92H96N8O4+4. The van der Waals surface area contributed by atoms with E-state index >= 15 is 0 Å². The van der Waals surface area contributed by atoms with Crippen LogP contribution in [0.2, 0.25) is 0 Å². The zero-order valence-corrected chi connectivity index (χ0v) is 62.0. The van der Waals surface area contributed by atoms with Gasteiger partial charge in [0.25, 0.3) is 0 Å². The molecule has 0 fully saturated rings. The van der Waals surface area contributed by atoms with E-state index in [0.717, 1.165) is 164 Å². The fourth-order valence-corrected chi connectivity index (χ4v) is 15.0. The predicted octanol–water partition coefficient (Wildman–Crippen LogP) is 20.8. The fraction of sp³-hybridized carbons (Fsp3) is 0.304. The van der Waals surface area contributed by atoms with E-state index in [1.807, 2.05) is 134 Å². The number of hydrogen-bond acceptors (Lipinski definition) is 8. The highest BCUT2D eigenvalue weighted by atomic mass is 16.4. The molecule has 0 N–H and O–H groups in total. The average Bonchev–Trinajstić information content (AvgIpc) is 1.54. The van der Waals surface area contributed by atoms with Gasteiger partial charge < -0.3 is 17.7 Å². The van der Waals surface area contributed by atoms with Gasteiger partial charge in [-0.3, -0.25) is 0 Å². The van der Waals surface area contributed by atoms with E-state index in [2.05, 4.69) is 121 Å². The number of nitrogens with zero attached hydrogens (tertiary/aromatic N) is 8. The molecule has 2 aliphatic heterocycles. The zero-order valence-electron chi connectivity index (χ0n) is 76.0. The van der Waals surface area contributed by atoms with E-state index in [1.54, 1.807) is 38.6 Å². The smallest absolute Gasteiger partial charge is 0.227 e. The van der Waals surface area contributed by atoms with Crippen LogP contribution in [-0.2, 0) is 52.7 Å². The summed E-state index contributed by atoms with van der Waals surface area (Å²) in [6, 6.07) is 40.7. The van der Waals surface area contributed by atoms with Crippen LogP contribution in [0.25, 0.3) is 133 Å². The molecule has 524 valence electrons. The van der Waals surface area contributed by atoms with Crippen LogP contribution in [-0.4, -0.2) is 19.9 Å². The minimum Gasteiger partial charge on any atom is -0.437 e. The molecule has 0 saturated heterocycles. The highest BCUT2D eigenvalue weighted by molar-refractivity contribution is 6.12. The van der Waals surface area contributed by atoms with Gasteiger partial charge in [0.2, 0.25) is 45.6 Å². The van der Waals surface area contributed by atoms with E-state index in [-0.39, 0.29) is 17.0 Å². The van der Waals surface area contributed by atoms with E-state index in [1.165, 1.54) is 22.4 Å². The first-order valence-electron chi connectivity index (χ1n) is 42.6. The summed E-state index contributed by atoms with van der Waals surface area (Å²) in [4.78, 5) is 17.8. The monoisotopic (exact) mass is 1390 g/mol. The standard InChI is InChI=1S/C24H27N2O.C23H23N2O.C23H25N2O.C22H21N2O/c1-14(2)11-18-13-26(6)21(12-16(18)4)22-15(3)7-9-19-20-10-8-17(5)25-24(20)27-23(19)22;1-13(2)9-17-12-25-11-16-6-8-18-19-7-5-15(4)24-23(19)26-22(18)21(16)20(25)10-14(17)3;1-14(2)11-17-12-20(25(5)13-16(17)4)21-15(3)8-9-18-19-7-6-10-24-23(19)26-22(18)21;1-13(2)9-16-12-24-11-15-6-7-17-18-5-4-8-23-22(18)25-21(17)20(15)19(24)10-14(16)3/h7-10,12-14H,11H2,1-6H3;5-8,10,12-13H,9,11H2,1-4H3;6-10,12-14H,11H2,1-5H3;4-8,10,12-13H,9,11H2,1-3H3/q4*+1/i11D2;1D3,9D2,13D;;1D3,9D2,13D. The topological polar surface area (TPSA) is 120 Å². The maximum Gasteiger partial charge on any atom is 0.227 e. The molecule has 0 spiro atoms. The first kappa shape index (κ1) is 54.0. The van der Waals surface area contributed by atoms with Gasteiger partial charge in [0.05, 0.1) is 22.3 Å². The molecule has 104 heavy (non-hydrogen) atoms. The fourth-order valence-electron chi connectivity index (χ4n) is 15.0. The Labute approximate surface area is 629 Å². The van der Waals surface area contributed by atoms with Crippen molar-refractivity contribution in [1.29, 1.82) is 0 Å². The summed E-state index contributed by atoms with van der Waals surface area (Å²) in [6.45, 7) is 21.9. The van der Waals surface area contributed by atoms with Crippen molar-refractivity contribution >= 4 is 88.3 Å². The molecule has 0 aliphatic carbocycles. The summed E-state index contributed by atoms with van der Waals surface area (Å²) < 4.78 is 147. The minimum atomic E-state index is -2.78. The van der Waals surface area contributed by atoms with Gasteiger partial charge in [-0.2, -0.15) is 9.13 Å². The minimum absolute atomic E-state index is 0.109. The predicted molar refractivity (Wildman–Crippen MR) is 421 cm³/mol. The van der Waals surface area contributed by atoms with Gasteiger partial charge in [-0.15, -0.1) is 0 Å². The number of fused-ring (bicyclic) bond motifs is 20. The van der Waals surface area contributed by atoms with Crippen molar-refractivity contribution in [2.24, 2.45) is 37.7 Å². The van der Waals surface area contributed by atoms with Crippen molar-refractivity contribution in [1.82, 2.24) is 19.9 Å². The summed E-state index contributed by atoms with van der Waals surface area (Å²) in [6.07, 6.45) is 5.86. The molecule has 18 rings (SSSR count). The Bertz CT molecular complexity index is 6780. The molecule has 14 heterocycles. The number of benzene rings is 4. The summed E-state index contributed by atoms with van der Waals surface area (Å²) >= 11 is 0. The van der Waals surface area contributed by atoms with Gasteiger partial charge in [-0.1, -0.05) is 91.6 Å². The summed E-state index contributed by atoms with van der Waals surface area (Å²) in [5.74, 6) is -4.09. The molecule has 2 unspecified atom stereocenters. The van der Waals surface area contributed by atoms with Crippen LogP contribution < -0.4 is 18.3 Å². The maximum absolute atomic E-state index is 8.59. The first-order valence-corrected chi connectivity index (χ1v) is 35.6. The number of pyridine rings is 8. The van der Waals surface area contributed by atoms with Gasteiger partial charge >= 0.3 is 0 Å². The molecule has 12 heteroatoms. The van der Waals surface area contributed by atoms with Crippen LogP contribution in [0.3, 0.4) is 0 Å². The third kappa shape index (κ3) is 12.8. The normalized spacial score (nSPS) is 16.1. The van der Waals surface area contributed by atoms with Gasteiger partial charge in [-0.05, 0) is 199 Å². The second-order valence-electron chi connectivity index (χ2n) is 29.0. The Morgan fingerprint density at radius 2 is 0.788 bits per heavy atom. The highest BCUT2D eigenvalue weighted by Gasteiger charge is 2.34. The highest BCUT2D eigenvalue weighted by Crippen LogP contribution is 2.43. The summed E-state index contributed by atoms with van der Waals surface area (Å²) in [5.41, 5.74) is 26.0. The van der Waals surface area contributed by atoms with Crippen LogP contribution in [0.5, 0.6) is 0 Å². The van der Waals surface area contributed by atoms with Crippen molar-refractivity contribution in [3.8, 4) is 45.0 Å². The van der Waals surface area contributed by atoms with Crippen LogP contribution in [0.15, 0.2) is 176 Å². The Balaban J connectivity index is 0.000000123. The van der Waals surface area contributed by atoms with Crippen molar-refractivity contribution in [3.05, 3.63) is 237 Å². The van der Waals surface area contributed by atoms with Gasteiger partial charge in [0.1, 0.15) is 14.1 Å². The van der Waals surface area contributed by atoms with Crippen molar-refractivity contribution < 1.29 is 55.1 Å². The molecule has 4 aromatic carbocycles. The molecule has 12 nitrogen and oxygen atoms in total. The maximum atomic E-state index is 8.59. The van der Waals surface area contributed by atoms with Crippen molar-refractivity contribution in [2.45, 2.75) is 149 Å². The molecule has 0 amide bonds. The quantitative estimate of drug-likeness (QED) is 0.124. The summed E-state index contributed by atoms with van der Waals surface area (Å²) in [7, 11) is 4.08. The van der Waals surface area contributed by atoms with Gasteiger partial charge in [0.15, 0.2) is 60.2 Å². The number of aromatic nitrogens is 8. The Hall–Kier alpha value is -10.7. The SMILES string of the molecule is Cc1c[n+](C)c(-c2c(C)ccc3c2oc2ncccc23)cc1CC(C)C.[2H]C([2H])([2H])C([2H])(C)C([2H])([2H])c1c[n+]2c(cc1C)-c1c(ccc3c1oc1nc(C)ccc13)C2.[2H]C([2H])([2H])C([2H])(C)C([2H])([2H])c1c[n+]2c(cc1C)-c1c(ccc3c1oc1ncccc13)C2.[2H]C([2H])(c1c[n+](C)c(-c2c(C)ccc3c2oc2nc(C)ccc23)cc1C)C(C)C. The third-order valence-electron chi connectivity index (χ3n) is 20.0. The second-order valence-corrected chi connectivity index (χ2v) is 29.0. The number of rotatable bonds is 10. The Kier molecular flexibility index (Phi) is 14.3. The van der Waals surface area contributed by atoms with Gasteiger partial charge in [0, 0.05) is 144 Å². The Morgan fingerprint density at radius 3 is 1.24 bits per heavy atom. The van der Waals surface area contributed by atoms with Crippen molar-refractivity contribution in [3.63, 3.8) is 0 Å². The lowest BCUT2D eigenvalue weighted by atomic mass is 9.95. The lowest BCUT2D eigenvalue weighted by Gasteiger charge is -2.11. The van der Waals surface area contributed by atoms with E-state index in [0.29, 0.717) is 53.0 Å². The van der Waals surface area contributed by atoms with Crippen LogP contribution >= 0.6 is 0 Å². The molecule has 16 aromatic rings. The third-order valence-corrected chi connectivity index (χ3v) is 20.0. The van der Waals surface area contributed by atoms with Gasteiger partial charge in [-0.25, -0.2) is 29.1 Å². The molecular weight excluding hydrogens is 1280 g/mol. The molecule has 2 atom stereocenters. The zero-order chi connectivity index (χ0) is 85.1.